The van der Waals surface area contributed by atoms with Gasteiger partial charge in [0.15, 0.2) is 0 Å². The van der Waals surface area contributed by atoms with Gasteiger partial charge in [-0.25, -0.2) is 0 Å². The third kappa shape index (κ3) is 7.49. The molecule has 68 heavy (non-hydrogen) atoms. The zero-order valence-corrected chi connectivity index (χ0v) is 42.8. The quantitative estimate of drug-likeness (QED) is 0.159. The van der Waals surface area contributed by atoms with Crippen molar-refractivity contribution in [3.8, 4) is 0 Å². The fourth-order valence-corrected chi connectivity index (χ4v) is 12.2. The van der Waals surface area contributed by atoms with Gasteiger partial charge in [0.1, 0.15) is 0 Å². The summed E-state index contributed by atoms with van der Waals surface area (Å²) in [5.74, 6) is 0. The summed E-state index contributed by atoms with van der Waals surface area (Å²) in [5.41, 5.74) is 25.8. The first-order valence-electron chi connectivity index (χ1n) is 25.5. The van der Waals surface area contributed by atoms with E-state index in [1.165, 1.54) is 89.3 Å². The monoisotopic (exact) mass is 892 g/mol. The molecule has 2 aliphatic heterocycles. The second-order valence-corrected chi connectivity index (χ2v) is 24.6. The van der Waals surface area contributed by atoms with E-state index in [0.717, 1.165) is 49.2 Å². The summed E-state index contributed by atoms with van der Waals surface area (Å²) < 4.78 is 0. The second-order valence-electron chi connectivity index (χ2n) is 24.6. The molecule has 7 aromatic rings. The number of aryl methyl sites for hydroxylation is 2. The number of anilines is 8. The Morgan fingerprint density at radius 1 is 0.515 bits per heavy atom. The van der Waals surface area contributed by atoms with Gasteiger partial charge < -0.3 is 14.7 Å². The van der Waals surface area contributed by atoms with Crippen LogP contribution in [0.4, 0.5) is 45.5 Å². The van der Waals surface area contributed by atoms with Gasteiger partial charge >= 0.3 is 0 Å². The van der Waals surface area contributed by atoms with Gasteiger partial charge in [-0.05, 0) is 176 Å². The maximum absolute atomic E-state index is 2.81. The third-order valence-corrected chi connectivity index (χ3v) is 15.9. The lowest BCUT2D eigenvalue weighted by molar-refractivity contribution is 0.392. The fraction of sp³-hybridized carbons (Fsp3) is 0.344. The molecule has 0 radical (unpaired) electrons. The van der Waals surface area contributed by atoms with Crippen LogP contribution in [0.1, 0.15) is 140 Å². The Hall–Kier alpha value is -6.00. The smallest absolute Gasteiger partial charge is 0.252 e. The van der Waals surface area contributed by atoms with Crippen molar-refractivity contribution in [1.29, 1.82) is 0 Å². The Balaban J connectivity index is 1.26. The maximum atomic E-state index is 2.81. The van der Waals surface area contributed by atoms with E-state index in [1.807, 2.05) is 0 Å². The molecule has 1 atom stereocenters. The van der Waals surface area contributed by atoms with Crippen LogP contribution in [0.25, 0.3) is 0 Å². The molecule has 4 heteroatoms. The van der Waals surface area contributed by atoms with E-state index in [-0.39, 0.29) is 34.4 Å². The number of para-hydroxylation sites is 1. The molecule has 4 aliphatic rings. The van der Waals surface area contributed by atoms with Crippen molar-refractivity contribution in [1.82, 2.24) is 0 Å². The Kier molecular flexibility index (Phi) is 10.3. The number of fused-ring (bicyclic) bond motifs is 6. The Morgan fingerprint density at radius 2 is 1.07 bits per heavy atom. The molecule has 7 aromatic carbocycles. The summed E-state index contributed by atoms with van der Waals surface area (Å²) in [6.45, 7) is 28.2. The van der Waals surface area contributed by atoms with Gasteiger partial charge in [-0.3, -0.25) is 0 Å². The van der Waals surface area contributed by atoms with Crippen molar-refractivity contribution in [3.63, 3.8) is 0 Å². The lowest BCUT2D eigenvalue weighted by atomic mass is 9.33. The van der Waals surface area contributed by atoms with Crippen LogP contribution in [-0.2, 0) is 35.5 Å². The van der Waals surface area contributed by atoms with Crippen molar-refractivity contribution in [2.45, 2.75) is 137 Å². The minimum absolute atomic E-state index is 0.0114. The highest BCUT2D eigenvalue weighted by molar-refractivity contribution is 7.00. The van der Waals surface area contributed by atoms with Crippen LogP contribution < -0.4 is 31.1 Å². The lowest BCUT2D eigenvalue weighted by Crippen LogP contribution is -2.62. The summed E-state index contributed by atoms with van der Waals surface area (Å²) in [4.78, 5) is 8.01. The molecule has 0 aromatic heterocycles. The number of benzene rings is 7. The molecule has 3 nitrogen and oxygen atoms in total. The molecule has 0 amide bonds. The van der Waals surface area contributed by atoms with Gasteiger partial charge in [0.05, 0.1) is 11.7 Å². The van der Waals surface area contributed by atoms with Crippen LogP contribution in [-0.4, -0.2) is 6.71 Å². The first-order chi connectivity index (χ1) is 32.2. The van der Waals surface area contributed by atoms with Gasteiger partial charge in [0, 0.05) is 39.8 Å². The number of nitrogens with zero attached hydrogens (tertiary/aromatic N) is 3. The van der Waals surface area contributed by atoms with Crippen LogP contribution in [0.5, 0.6) is 0 Å². The predicted molar refractivity (Wildman–Crippen MR) is 293 cm³/mol. The van der Waals surface area contributed by atoms with E-state index in [1.54, 1.807) is 0 Å². The lowest BCUT2D eigenvalue weighted by Gasteiger charge is -2.48. The normalized spacial score (nSPS) is 17.0. The van der Waals surface area contributed by atoms with Gasteiger partial charge in [-0.1, -0.05) is 161 Å². The average Bonchev–Trinajstić information content (AvgIpc) is 3.60. The van der Waals surface area contributed by atoms with E-state index < -0.39 is 0 Å². The summed E-state index contributed by atoms with van der Waals surface area (Å²) in [5, 5.41) is 0. The summed E-state index contributed by atoms with van der Waals surface area (Å²) >= 11 is 0. The molecule has 0 saturated carbocycles. The molecule has 344 valence electrons. The average molecular weight is 892 g/mol. The highest BCUT2D eigenvalue weighted by Gasteiger charge is 2.47. The second kappa shape index (κ2) is 15.8. The standard InChI is InChI=1S/C64H70BN3/c1-41-18-13-16-22-54(41)67-57-35-44-40-64(11,12)39-43(44)34-52(57)65-53-36-47(63(8,9)10)28-33-56(53)68(55-23-17-20-42-19-14-15-21-51(42)55)59-38-50(37-58(67)60(59)65)66(48-29-24-45(25-30-48)61(2,3)4)49-31-26-46(27-32-49)62(5,6)7/h13-16,18-19,21-22,24-38,55H,17,20,23,39-40H2,1-12H3. The molecular formula is C64H70BN3. The first kappa shape index (κ1) is 44.5. The predicted octanol–water partition coefficient (Wildman–Crippen LogP) is 15.3. The highest BCUT2D eigenvalue weighted by Crippen LogP contribution is 2.52. The van der Waals surface area contributed by atoms with Crippen LogP contribution in [0.3, 0.4) is 0 Å². The van der Waals surface area contributed by atoms with Crippen LogP contribution in [0.2, 0.25) is 0 Å². The topological polar surface area (TPSA) is 9.72 Å². The molecule has 11 rings (SSSR count). The fourth-order valence-electron chi connectivity index (χ4n) is 12.2. The molecule has 1 unspecified atom stereocenters. The SMILES string of the molecule is Cc1ccccc1N1c2cc3c(cc2B2c4cc(C(C)(C)C)ccc4N(C4CCCc5ccccc54)c4cc(N(c5ccc(C(C)(C)C)cc5)c5ccc(C(C)(C)C)cc5)cc1c42)CC(C)(C)C3. The minimum atomic E-state index is -0.0114. The molecule has 0 fully saturated rings. The third-order valence-electron chi connectivity index (χ3n) is 15.9. The van der Waals surface area contributed by atoms with Gasteiger partial charge in [-0.15, -0.1) is 0 Å². The Bertz CT molecular complexity index is 3040. The summed E-state index contributed by atoms with van der Waals surface area (Å²) in [7, 11) is 0. The zero-order chi connectivity index (χ0) is 47.7. The largest absolute Gasteiger partial charge is 0.335 e. The molecule has 0 saturated heterocycles. The molecule has 0 N–H and O–H groups in total. The summed E-state index contributed by atoms with van der Waals surface area (Å²) in [6.07, 6.45) is 5.56. The van der Waals surface area contributed by atoms with E-state index in [9.17, 15) is 0 Å². The zero-order valence-electron chi connectivity index (χ0n) is 42.8. The maximum Gasteiger partial charge on any atom is 0.252 e. The van der Waals surface area contributed by atoms with Crippen molar-refractivity contribution in [2.75, 3.05) is 14.7 Å². The number of hydrogen-bond donors (Lipinski definition) is 0. The van der Waals surface area contributed by atoms with Crippen LogP contribution >= 0.6 is 0 Å². The Labute approximate surface area is 408 Å². The molecule has 2 aliphatic carbocycles. The van der Waals surface area contributed by atoms with E-state index in [0.29, 0.717) is 0 Å². The molecule has 2 heterocycles. The van der Waals surface area contributed by atoms with Crippen molar-refractivity contribution in [3.05, 3.63) is 184 Å². The first-order valence-corrected chi connectivity index (χ1v) is 25.5. The van der Waals surface area contributed by atoms with E-state index in [4.69, 9.17) is 0 Å². The van der Waals surface area contributed by atoms with Crippen molar-refractivity contribution in [2.24, 2.45) is 5.41 Å². The van der Waals surface area contributed by atoms with Crippen LogP contribution in [0, 0.1) is 12.3 Å². The highest BCUT2D eigenvalue weighted by atomic mass is 15.2. The van der Waals surface area contributed by atoms with E-state index >= 15 is 0 Å². The van der Waals surface area contributed by atoms with Crippen LogP contribution in [0.15, 0.2) is 140 Å². The number of hydrogen-bond acceptors (Lipinski definition) is 3. The van der Waals surface area contributed by atoms with Crippen molar-refractivity contribution < 1.29 is 0 Å². The van der Waals surface area contributed by atoms with Gasteiger partial charge in [0.25, 0.3) is 6.71 Å². The van der Waals surface area contributed by atoms with Crippen molar-refractivity contribution >= 4 is 68.6 Å². The van der Waals surface area contributed by atoms with Gasteiger partial charge in [0.2, 0.25) is 0 Å². The molecule has 0 spiro atoms. The molecule has 0 bridgehead atoms. The summed E-state index contributed by atoms with van der Waals surface area (Å²) in [6, 6.07) is 55.3. The van der Waals surface area contributed by atoms with E-state index in [2.05, 4.69) is 237 Å². The molecular weight excluding hydrogens is 822 g/mol. The number of rotatable bonds is 5. The Morgan fingerprint density at radius 3 is 1.71 bits per heavy atom. The minimum Gasteiger partial charge on any atom is -0.335 e. The van der Waals surface area contributed by atoms with Gasteiger partial charge in [-0.2, -0.15) is 0 Å².